The van der Waals surface area contributed by atoms with Crippen molar-refractivity contribution in [1.29, 1.82) is 0 Å². The lowest BCUT2D eigenvalue weighted by Gasteiger charge is -2.01. The van der Waals surface area contributed by atoms with Crippen molar-refractivity contribution in [2.75, 3.05) is 6.61 Å². The number of hydrogen-bond donors (Lipinski definition) is 1. The highest BCUT2D eigenvalue weighted by atomic mass is 16.5. The molecular formula is C18H19N3O4. The van der Waals surface area contributed by atoms with Crippen LogP contribution in [0.5, 0.6) is 0 Å². The van der Waals surface area contributed by atoms with Crippen molar-refractivity contribution in [3.63, 3.8) is 0 Å². The largest absolute Gasteiger partial charge is 0.451 e. The molecule has 1 aliphatic rings. The van der Waals surface area contributed by atoms with Gasteiger partial charge in [-0.3, -0.25) is 4.79 Å². The molecule has 0 bridgehead atoms. The third-order valence-corrected chi connectivity index (χ3v) is 4.40. The summed E-state index contributed by atoms with van der Waals surface area (Å²) in [6.45, 7) is 4.74. The van der Waals surface area contributed by atoms with Gasteiger partial charge in [0.15, 0.2) is 11.6 Å². The minimum Gasteiger partial charge on any atom is -0.451 e. The third kappa shape index (κ3) is 3.02. The minimum absolute atomic E-state index is 0.127. The number of hydrogen-bond acceptors (Lipinski definition) is 6. The molecule has 0 spiro atoms. The lowest BCUT2D eigenvalue weighted by Crippen LogP contribution is -2.23. The molecule has 25 heavy (non-hydrogen) atoms. The number of ether oxygens (including phenoxy) is 1. The van der Waals surface area contributed by atoms with Crippen LogP contribution < -0.4 is 5.32 Å². The van der Waals surface area contributed by atoms with E-state index in [2.05, 4.69) is 15.5 Å². The van der Waals surface area contributed by atoms with Gasteiger partial charge in [-0.05, 0) is 38.3 Å². The summed E-state index contributed by atoms with van der Waals surface area (Å²) in [5, 5.41) is 7.61. The maximum Gasteiger partial charge on any atom is 0.287 e. The SMILES string of the molecule is Cc1ccc2c(C)c(C(=O)NCc3noc([C@H]4CCCO4)n3)oc2c1. The quantitative estimate of drug-likeness (QED) is 0.783. The summed E-state index contributed by atoms with van der Waals surface area (Å²) in [5.74, 6) is 0.902. The number of fused-ring (bicyclic) bond motifs is 1. The van der Waals surface area contributed by atoms with Crippen LogP contribution in [0.1, 0.15) is 52.3 Å². The Morgan fingerprint density at radius 2 is 2.24 bits per heavy atom. The highest BCUT2D eigenvalue weighted by molar-refractivity contribution is 5.98. The first-order valence-electron chi connectivity index (χ1n) is 8.34. The number of aromatic nitrogens is 2. The summed E-state index contributed by atoms with van der Waals surface area (Å²) in [6.07, 6.45) is 1.74. The van der Waals surface area contributed by atoms with E-state index in [-0.39, 0.29) is 18.6 Å². The number of furan rings is 1. The third-order valence-electron chi connectivity index (χ3n) is 4.40. The lowest BCUT2D eigenvalue weighted by atomic mass is 10.1. The molecule has 2 aromatic heterocycles. The number of carbonyl (C=O) groups is 1. The highest BCUT2D eigenvalue weighted by Crippen LogP contribution is 2.27. The van der Waals surface area contributed by atoms with Crippen LogP contribution in [0.25, 0.3) is 11.0 Å². The van der Waals surface area contributed by atoms with Crippen LogP contribution in [-0.2, 0) is 11.3 Å². The van der Waals surface area contributed by atoms with Gasteiger partial charge in [0.1, 0.15) is 11.7 Å². The van der Waals surface area contributed by atoms with Crippen molar-refractivity contribution in [2.24, 2.45) is 0 Å². The molecule has 7 heteroatoms. The summed E-state index contributed by atoms with van der Waals surface area (Å²) in [5.41, 5.74) is 2.62. The molecule has 0 unspecified atom stereocenters. The molecule has 1 saturated heterocycles. The van der Waals surface area contributed by atoms with E-state index in [1.165, 1.54) is 0 Å². The van der Waals surface area contributed by atoms with Gasteiger partial charge in [0.25, 0.3) is 11.8 Å². The molecule has 0 saturated carbocycles. The summed E-state index contributed by atoms with van der Waals surface area (Å²) in [4.78, 5) is 16.7. The van der Waals surface area contributed by atoms with E-state index >= 15 is 0 Å². The second-order valence-electron chi connectivity index (χ2n) is 6.29. The van der Waals surface area contributed by atoms with Gasteiger partial charge < -0.3 is 19.0 Å². The molecule has 4 rings (SSSR count). The van der Waals surface area contributed by atoms with Crippen LogP contribution in [0.15, 0.2) is 27.1 Å². The monoisotopic (exact) mass is 341 g/mol. The summed E-state index contributed by atoms with van der Waals surface area (Å²) < 4.78 is 16.4. The van der Waals surface area contributed by atoms with Gasteiger partial charge in [-0.15, -0.1) is 0 Å². The Morgan fingerprint density at radius 3 is 3.04 bits per heavy atom. The normalized spacial score (nSPS) is 17.3. The van der Waals surface area contributed by atoms with Crippen molar-refractivity contribution < 1.29 is 18.5 Å². The van der Waals surface area contributed by atoms with Gasteiger partial charge >= 0.3 is 0 Å². The predicted octanol–water partition coefficient (Wildman–Crippen LogP) is 3.21. The van der Waals surface area contributed by atoms with Crippen LogP contribution >= 0.6 is 0 Å². The number of carbonyl (C=O) groups excluding carboxylic acids is 1. The molecule has 0 radical (unpaired) electrons. The van der Waals surface area contributed by atoms with Crippen molar-refractivity contribution in [3.8, 4) is 0 Å². The first kappa shape index (κ1) is 15.8. The zero-order valence-electron chi connectivity index (χ0n) is 14.2. The summed E-state index contributed by atoms with van der Waals surface area (Å²) >= 11 is 0. The van der Waals surface area contributed by atoms with Crippen molar-refractivity contribution >= 4 is 16.9 Å². The fourth-order valence-electron chi connectivity index (χ4n) is 3.03. The number of aryl methyl sites for hydroxylation is 2. The lowest BCUT2D eigenvalue weighted by molar-refractivity contribution is 0.0835. The zero-order valence-corrected chi connectivity index (χ0v) is 14.2. The Hall–Kier alpha value is -2.67. The van der Waals surface area contributed by atoms with Gasteiger partial charge in [-0.2, -0.15) is 4.98 Å². The molecule has 130 valence electrons. The molecule has 1 aromatic carbocycles. The molecule has 0 aliphatic carbocycles. The van der Waals surface area contributed by atoms with Gasteiger partial charge in [-0.1, -0.05) is 17.3 Å². The maximum absolute atomic E-state index is 12.4. The first-order valence-corrected chi connectivity index (χ1v) is 8.34. The Bertz CT molecular complexity index is 922. The average Bonchev–Trinajstić information content (AvgIpc) is 3.32. The van der Waals surface area contributed by atoms with Gasteiger partial charge in [0, 0.05) is 17.6 Å². The molecule has 1 aliphatic heterocycles. The van der Waals surface area contributed by atoms with Crippen LogP contribution in [0.3, 0.4) is 0 Å². The van der Waals surface area contributed by atoms with Gasteiger partial charge in [0.2, 0.25) is 0 Å². The van der Waals surface area contributed by atoms with Crippen LogP contribution in [-0.4, -0.2) is 22.7 Å². The smallest absolute Gasteiger partial charge is 0.287 e. The molecule has 1 fully saturated rings. The Labute approximate surface area is 144 Å². The zero-order chi connectivity index (χ0) is 17.4. The van der Waals surface area contributed by atoms with E-state index in [1.807, 2.05) is 32.0 Å². The minimum atomic E-state index is -0.296. The van der Waals surface area contributed by atoms with E-state index in [9.17, 15) is 4.79 Å². The molecule has 7 nitrogen and oxygen atoms in total. The van der Waals surface area contributed by atoms with E-state index in [0.29, 0.717) is 29.7 Å². The number of rotatable bonds is 4. The van der Waals surface area contributed by atoms with Crippen molar-refractivity contribution in [3.05, 3.63) is 46.8 Å². The first-order chi connectivity index (χ1) is 12.1. The topological polar surface area (TPSA) is 90.4 Å². The summed E-state index contributed by atoms with van der Waals surface area (Å²) in [7, 11) is 0. The van der Waals surface area contributed by atoms with Gasteiger partial charge in [0.05, 0.1) is 6.54 Å². The Kier molecular flexibility index (Phi) is 4.01. The summed E-state index contributed by atoms with van der Waals surface area (Å²) in [6, 6.07) is 5.89. The van der Waals surface area contributed by atoms with E-state index in [4.69, 9.17) is 13.7 Å². The molecule has 1 amide bonds. The van der Waals surface area contributed by atoms with E-state index in [0.717, 1.165) is 29.4 Å². The molecule has 3 aromatic rings. The number of benzene rings is 1. The molecule has 1 atom stereocenters. The predicted molar refractivity (Wildman–Crippen MR) is 89.1 cm³/mol. The highest BCUT2D eigenvalue weighted by Gasteiger charge is 2.24. The molecule has 3 heterocycles. The van der Waals surface area contributed by atoms with E-state index in [1.54, 1.807) is 0 Å². The second-order valence-corrected chi connectivity index (χ2v) is 6.29. The molecule has 1 N–H and O–H groups in total. The Morgan fingerprint density at radius 1 is 1.36 bits per heavy atom. The van der Waals surface area contributed by atoms with Crippen molar-refractivity contribution in [2.45, 2.75) is 39.3 Å². The van der Waals surface area contributed by atoms with Crippen molar-refractivity contribution in [1.82, 2.24) is 15.5 Å². The molecular weight excluding hydrogens is 322 g/mol. The fraction of sp³-hybridized carbons (Fsp3) is 0.389. The van der Waals surface area contributed by atoms with Crippen LogP contribution in [0.4, 0.5) is 0 Å². The second kappa shape index (κ2) is 6.33. The fourth-order valence-corrected chi connectivity index (χ4v) is 3.03. The number of amides is 1. The average molecular weight is 341 g/mol. The Balaban J connectivity index is 1.46. The maximum atomic E-state index is 12.4. The van der Waals surface area contributed by atoms with Gasteiger partial charge in [-0.25, -0.2) is 0 Å². The number of nitrogens with zero attached hydrogens (tertiary/aromatic N) is 2. The van der Waals surface area contributed by atoms with Crippen LogP contribution in [0.2, 0.25) is 0 Å². The van der Waals surface area contributed by atoms with Crippen LogP contribution in [0, 0.1) is 13.8 Å². The number of nitrogens with one attached hydrogen (secondary N) is 1. The standard InChI is InChI=1S/C18H19N3O4/c1-10-5-6-12-11(2)16(24-14(12)8-10)17(22)19-9-15-20-18(25-21-15)13-4-3-7-23-13/h5-6,8,13H,3-4,7,9H2,1-2H3,(H,19,22)/t13-/m1/s1. The van der Waals surface area contributed by atoms with E-state index < -0.39 is 0 Å².